The van der Waals surface area contributed by atoms with E-state index < -0.39 is 0 Å². The highest BCUT2D eigenvalue weighted by Crippen LogP contribution is 2.36. The molecule has 1 unspecified atom stereocenters. The zero-order valence-corrected chi connectivity index (χ0v) is 12.0. The second-order valence-electron chi connectivity index (χ2n) is 4.34. The van der Waals surface area contributed by atoms with Gasteiger partial charge in [-0.25, -0.2) is 0 Å². The fourth-order valence-corrected chi connectivity index (χ4v) is 3.28. The van der Waals surface area contributed by atoms with E-state index in [1.54, 1.807) is 11.3 Å². The molecule has 2 aromatic rings. The SMILES string of the molecule is Cc1cc(C(N)c2c(C)oc(C)c2C)sc1Cl. The highest BCUT2D eigenvalue weighted by atomic mass is 35.5. The van der Waals surface area contributed by atoms with Crippen molar-refractivity contribution >= 4 is 22.9 Å². The van der Waals surface area contributed by atoms with E-state index in [1.165, 1.54) is 0 Å². The lowest BCUT2D eigenvalue weighted by molar-refractivity contribution is 0.498. The van der Waals surface area contributed by atoms with Crippen LogP contribution in [0.3, 0.4) is 0 Å². The van der Waals surface area contributed by atoms with Crippen LogP contribution >= 0.6 is 22.9 Å². The van der Waals surface area contributed by atoms with E-state index in [-0.39, 0.29) is 6.04 Å². The van der Waals surface area contributed by atoms with Gasteiger partial charge in [-0.05, 0) is 44.9 Å². The summed E-state index contributed by atoms with van der Waals surface area (Å²) in [5.74, 6) is 1.84. The Morgan fingerprint density at radius 3 is 2.29 bits per heavy atom. The van der Waals surface area contributed by atoms with Crippen LogP contribution in [0.2, 0.25) is 4.34 Å². The summed E-state index contributed by atoms with van der Waals surface area (Å²) in [6.07, 6.45) is 0. The Kier molecular flexibility index (Phi) is 3.34. The first kappa shape index (κ1) is 12.7. The number of furan rings is 1. The van der Waals surface area contributed by atoms with E-state index in [9.17, 15) is 0 Å². The van der Waals surface area contributed by atoms with Gasteiger partial charge in [0, 0.05) is 10.4 Å². The third-order valence-electron chi connectivity index (χ3n) is 3.11. The fraction of sp³-hybridized carbons (Fsp3) is 0.385. The van der Waals surface area contributed by atoms with Gasteiger partial charge in [0.15, 0.2) is 0 Å². The van der Waals surface area contributed by atoms with Crippen LogP contribution < -0.4 is 5.73 Å². The maximum atomic E-state index is 6.31. The number of aryl methyl sites for hydroxylation is 3. The molecule has 0 saturated carbocycles. The van der Waals surface area contributed by atoms with Gasteiger partial charge < -0.3 is 10.2 Å². The Labute approximate surface area is 110 Å². The summed E-state index contributed by atoms with van der Waals surface area (Å²) in [6, 6.07) is 1.91. The minimum atomic E-state index is -0.149. The van der Waals surface area contributed by atoms with Gasteiger partial charge in [-0.2, -0.15) is 0 Å². The highest BCUT2D eigenvalue weighted by Gasteiger charge is 2.21. The minimum absolute atomic E-state index is 0.149. The second-order valence-corrected chi connectivity index (χ2v) is 6.02. The maximum Gasteiger partial charge on any atom is 0.106 e. The molecule has 0 bridgehead atoms. The normalized spacial score (nSPS) is 13.1. The van der Waals surface area contributed by atoms with E-state index in [0.29, 0.717) is 0 Å². The van der Waals surface area contributed by atoms with Crippen LogP contribution in [-0.2, 0) is 0 Å². The standard InChI is InChI=1S/C13H16ClNOS/c1-6-5-10(17-13(6)14)12(15)11-7(2)8(3)16-9(11)4/h5,12H,15H2,1-4H3. The van der Waals surface area contributed by atoms with Gasteiger partial charge in [-0.1, -0.05) is 11.6 Å². The predicted octanol–water partition coefficient (Wildman–Crippen LogP) is 4.28. The van der Waals surface area contributed by atoms with Crippen LogP contribution in [0, 0.1) is 27.7 Å². The summed E-state index contributed by atoms with van der Waals surface area (Å²) in [6.45, 7) is 7.96. The van der Waals surface area contributed by atoms with Crippen molar-refractivity contribution in [3.63, 3.8) is 0 Å². The molecule has 0 radical (unpaired) electrons. The van der Waals surface area contributed by atoms with Crippen LogP contribution in [0.5, 0.6) is 0 Å². The van der Waals surface area contributed by atoms with Gasteiger partial charge in [0.1, 0.15) is 11.5 Å². The maximum absolute atomic E-state index is 6.31. The average Bonchev–Trinajstić information content (AvgIpc) is 2.70. The van der Waals surface area contributed by atoms with Crippen LogP contribution in [0.25, 0.3) is 0 Å². The van der Waals surface area contributed by atoms with E-state index >= 15 is 0 Å². The van der Waals surface area contributed by atoms with Gasteiger partial charge in [-0.15, -0.1) is 11.3 Å². The Hall–Kier alpha value is -0.770. The van der Waals surface area contributed by atoms with Crippen LogP contribution in [-0.4, -0.2) is 0 Å². The Morgan fingerprint density at radius 2 is 1.88 bits per heavy atom. The fourth-order valence-electron chi connectivity index (χ4n) is 2.05. The van der Waals surface area contributed by atoms with Gasteiger partial charge in [0.25, 0.3) is 0 Å². The van der Waals surface area contributed by atoms with E-state index in [1.807, 2.05) is 27.7 Å². The van der Waals surface area contributed by atoms with Gasteiger partial charge in [0.05, 0.1) is 10.4 Å². The number of rotatable bonds is 2. The first-order chi connectivity index (χ1) is 7.91. The lowest BCUT2D eigenvalue weighted by Gasteiger charge is -2.09. The molecule has 0 amide bonds. The van der Waals surface area contributed by atoms with Crippen molar-refractivity contribution in [2.75, 3.05) is 0 Å². The van der Waals surface area contributed by atoms with Crippen LogP contribution in [0.1, 0.15) is 39.1 Å². The lowest BCUT2D eigenvalue weighted by Crippen LogP contribution is -2.11. The van der Waals surface area contributed by atoms with Crippen LogP contribution in [0.15, 0.2) is 10.5 Å². The Bertz CT molecular complexity index is 537. The third kappa shape index (κ3) is 2.15. The monoisotopic (exact) mass is 269 g/mol. The summed E-state index contributed by atoms with van der Waals surface area (Å²) in [5, 5.41) is 0. The summed E-state index contributed by atoms with van der Waals surface area (Å²) >= 11 is 7.63. The molecule has 4 heteroatoms. The number of thiophene rings is 1. The molecule has 0 aliphatic heterocycles. The number of hydrogen-bond donors (Lipinski definition) is 1. The summed E-state index contributed by atoms with van der Waals surface area (Å²) < 4.78 is 6.43. The third-order valence-corrected chi connectivity index (χ3v) is 4.75. The molecular formula is C13H16ClNOS. The molecule has 1 atom stereocenters. The molecule has 0 aliphatic carbocycles. The molecular weight excluding hydrogens is 254 g/mol. The quantitative estimate of drug-likeness (QED) is 0.884. The Balaban J connectivity index is 2.46. The molecule has 0 spiro atoms. The average molecular weight is 270 g/mol. The molecule has 0 saturated heterocycles. The van der Waals surface area contributed by atoms with E-state index in [0.717, 1.165) is 37.4 Å². The van der Waals surface area contributed by atoms with Crippen molar-refractivity contribution in [1.82, 2.24) is 0 Å². The first-order valence-corrected chi connectivity index (χ1v) is 6.69. The largest absolute Gasteiger partial charge is 0.466 e. The molecule has 0 fully saturated rings. The van der Waals surface area contributed by atoms with Gasteiger partial charge in [-0.3, -0.25) is 0 Å². The van der Waals surface area contributed by atoms with E-state index in [4.69, 9.17) is 21.8 Å². The smallest absolute Gasteiger partial charge is 0.106 e. The van der Waals surface area contributed by atoms with Crippen molar-refractivity contribution < 1.29 is 4.42 Å². The molecule has 2 aromatic heterocycles. The summed E-state index contributed by atoms with van der Waals surface area (Å²) in [4.78, 5) is 1.08. The zero-order chi connectivity index (χ0) is 12.7. The number of hydrogen-bond acceptors (Lipinski definition) is 3. The highest BCUT2D eigenvalue weighted by molar-refractivity contribution is 7.16. The van der Waals surface area contributed by atoms with Crippen molar-refractivity contribution in [2.24, 2.45) is 5.73 Å². The zero-order valence-electron chi connectivity index (χ0n) is 10.4. The van der Waals surface area contributed by atoms with Gasteiger partial charge >= 0.3 is 0 Å². The topological polar surface area (TPSA) is 39.2 Å². The molecule has 2 N–H and O–H groups in total. The van der Waals surface area contributed by atoms with Gasteiger partial charge in [0.2, 0.25) is 0 Å². The summed E-state index contributed by atoms with van der Waals surface area (Å²) in [5.41, 5.74) is 9.61. The molecule has 0 aromatic carbocycles. The molecule has 2 nitrogen and oxygen atoms in total. The van der Waals surface area contributed by atoms with Crippen molar-refractivity contribution in [2.45, 2.75) is 33.7 Å². The molecule has 0 aliphatic rings. The van der Waals surface area contributed by atoms with Crippen LogP contribution in [0.4, 0.5) is 0 Å². The molecule has 17 heavy (non-hydrogen) atoms. The molecule has 2 rings (SSSR count). The predicted molar refractivity (Wildman–Crippen MR) is 73.0 cm³/mol. The van der Waals surface area contributed by atoms with E-state index in [2.05, 4.69) is 6.07 Å². The first-order valence-electron chi connectivity index (χ1n) is 5.49. The Morgan fingerprint density at radius 1 is 1.24 bits per heavy atom. The number of nitrogens with two attached hydrogens (primary N) is 1. The van der Waals surface area contributed by atoms with Crippen molar-refractivity contribution in [3.05, 3.63) is 43.5 Å². The molecule has 2 heterocycles. The second kappa shape index (κ2) is 4.48. The van der Waals surface area contributed by atoms with Crippen molar-refractivity contribution in [3.8, 4) is 0 Å². The lowest BCUT2D eigenvalue weighted by atomic mass is 10.0. The van der Waals surface area contributed by atoms with Crippen molar-refractivity contribution in [1.29, 1.82) is 0 Å². The summed E-state index contributed by atoms with van der Waals surface area (Å²) in [7, 11) is 0. The minimum Gasteiger partial charge on any atom is -0.466 e. The number of halogens is 1. The molecule has 92 valence electrons.